The van der Waals surface area contributed by atoms with Crippen molar-refractivity contribution in [3.63, 3.8) is 0 Å². The maximum absolute atomic E-state index is 12.5. The van der Waals surface area contributed by atoms with Crippen molar-refractivity contribution in [2.24, 2.45) is 0 Å². The molecule has 0 heterocycles. The van der Waals surface area contributed by atoms with E-state index in [0.29, 0.717) is 5.56 Å². The van der Waals surface area contributed by atoms with Crippen LogP contribution in [0.1, 0.15) is 49.5 Å². The number of nitro benzene ring substituents is 1. The summed E-state index contributed by atoms with van der Waals surface area (Å²) in [5.74, 6) is -1.57. The van der Waals surface area contributed by atoms with Gasteiger partial charge in [0.15, 0.2) is 0 Å². The highest BCUT2D eigenvalue weighted by molar-refractivity contribution is 5.97. The Labute approximate surface area is 134 Å². The monoisotopic (exact) mass is 320 g/mol. The fourth-order valence-corrected chi connectivity index (χ4v) is 2.51. The van der Waals surface area contributed by atoms with Gasteiger partial charge in [-0.05, 0) is 24.3 Å². The van der Waals surface area contributed by atoms with Gasteiger partial charge in [0.1, 0.15) is 6.54 Å². The lowest BCUT2D eigenvalue weighted by molar-refractivity contribution is -0.386. The second kappa shape index (κ2) is 5.98. The van der Waals surface area contributed by atoms with E-state index in [-0.39, 0.29) is 17.3 Å². The third kappa shape index (κ3) is 3.85. The first kappa shape index (κ1) is 16.9. The maximum Gasteiger partial charge on any atom is 0.323 e. The zero-order valence-electron chi connectivity index (χ0n) is 13.4. The Hall–Kier alpha value is -2.44. The first-order valence-electron chi connectivity index (χ1n) is 7.43. The zero-order chi connectivity index (χ0) is 17.4. The van der Waals surface area contributed by atoms with E-state index in [1.807, 2.05) is 20.8 Å². The molecule has 2 rings (SSSR count). The Morgan fingerprint density at radius 2 is 1.96 bits per heavy atom. The number of carbonyl (C=O) groups is 2. The van der Waals surface area contributed by atoms with Gasteiger partial charge >= 0.3 is 5.97 Å². The molecule has 1 fully saturated rings. The third-order valence-corrected chi connectivity index (χ3v) is 3.80. The van der Waals surface area contributed by atoms with Crippen LogP contribution in [-0.4, -0.2) is 39.4 Å². The molecule has 1 saturated carbocycles. The fraction of sp³-hybridized carbons (Fsp3) is 0.500. The molecule has 1 aliphatic rings. The van der Waals surface area contributed by atoms with Crippen molar-refractivity contribution in [1.82, 2.24) is 4.90 Å². The van der Waals surface area contributed by atoms with E-state index in [1.54, 1.807) is 6.07 Å². The topological polar surface area (TPSA) is 101 Å². The van der Waals surface area contributed by atoms with Crippen LogP contribution >= 0.6 is 0 Å². The quantitative estimate of drug-likeness (QED) is 0.664. The van der Waals surface area contributed by atoms with Gasteiger partial charge in [-0.15, -0.1) is 0 Å². The van der Waals surface area contributed by atoms with E-state index in [0.717, 1.165) is 12.8 Å². The summed E-state index contributed by atoms with van der Waals surface area (Å²) in [4.78, 5) is 35.6. The number of hydrogen-bond acceptors (Lipinski definition) is 4. The van der Waals surface area contributed by atoms with Crippen LogP contribution in [0, 0.1) is 10.1 Å². The van der Waals surface area contributed by atoms with Gasteiger partial charge in [0.05, 0.1) is 4.92 Å². The van der Waals surface area contributed by atoms with Crippen LogP contribution in [0.15, 0.2) is 18.2 Å². The number of nitrogens with zero attached hydrogens (tertiary/aromatic N) is 2. The van der Waals surface area contributed by atoms with E-state index in [9.17, 15) is 19.7 Å². The van der Waals surface area contributed by atoms with Crippen LogP contribution in [-0.2, 0) is 10.2 Å². The number of hydrogen-bond donors (Lipinski definition) is 1. The van der Waals surface area contributed by atoms with Crippen molar-refractivity contribution >= 4 is 17.6 Å². The lowest BCUT2D eigenvalue weighted by Gasteiger charge is -2.22. The first-order valence-corrected chi connectivity index (χ1v) is 7.43. The lowest BCUT2D eigenvalue weighted by Crippen LogP contribution is -2.37. The molecule has 1 aromatic carbocycles. The van der Waals surface area contributed by atoms with Gasteiger partial charge in [-0.3, -0.25) is 19.7 Å². The molecule has 23 heavy (non-hydrogen) atoms. The van der Waals surface area contributed by atoms with E-state index >= 15 is 0 Å². The molecule has 0 spiro atoms. The Kier molecular flexibility index (Phi) is 4.40. The number of rotatable bonds is 5. The van der Waals surface area contributed by atoms with Gasteiger partial charge in [0, 0.05) is 23.2 Å². The molecule has 7 heteroatoms. The van der Waals surface area contributed by atoms with Crippen LogP contribution in [0.25, 0.3) is 0 Å². The molecular weight excluding hydrogens is 300 g/mol. The SMILES string of the molecule is CC(C)(C)c1ccc(C(=O)N(CC(=O)O)C2CC2)cc1[N+](=O)[O-]. The van der Waals surface area contributed by atoms with Crippen LogP contribution in [0.5, 0.6) is 0 Å². The predicted molar refractivity (Wildman–Crippen MR) is 83.5 cm³/mol. The third-order valence-electron chi connectivity index (χ3n) is 3.80. The van der Waals surface area contributed by atoms with Crippen LogP contribution in [0.2, 0.25) is 0 Å². The average Bonchev–Trinajstić information content (AvgIpc) is 3.26. The smallest absolute Gasteiger partial charge is 0.323 e. The highest BCUT2D eigenvalue weighted by Gasteiger charge is 2.35. The number of aliphatic carboxylic acids is 1. The highest BCUT2D eigenvalue weighted by atomic mass is 16.6. The van der Waals surface area contributed by atoms with Crippen LogP contribution in [0.4, 0.5) is 5.69 Å². The van der Waals surface area contributed by atoms with Gasteiger partial charge in [-0.1, -0.05) is 26.8 Å². The molecule has 1 amide bonds. The average molecular weight is 320 g/mol. The number of carboxylic acids is 1. The van der Waals surface area contributed by atoms with E-state index in [1.165, 1.54) is 17.0 Å². The van der Waals surface area contributed by atoms with E-state index < -0.39 is 28.8 Å². The number of benzene rings is 1. The summed E-state index contributed by atoms with van der Waals surface area (Å²) in [6.45, 7) is 5.19. The van der Waals surface area contributed by atoms with Gasteiger partial charge in [-0.25, -0.2) is 0 Å². The standard InChI is InChI=1S/C16H20N2O5/c1-16(2,3)12-7-4-10(8-13(12)18(22)23)15(21)17(9-14(19)20)11-5-6-11/h4,7-8,11H,5-6,9H2,1-3H3,(H,19,20). The van der Waals surface area contributed by atoms with Crippen molar-refractivity contribution in [1.29, 1.82) is 0 Å². The zero-order valence-corrected chi connectivity index (χ0v) is 13.4. The Morgan fingerprint density at radius 3 is 2.39 bits per heavy atom. The summed E-state index contributed by atoms with van der Waals surface area (Å²) in [7, 11) is 0. The number of carbonyl (C=O) groups excluding carboxylic acids is 1. The molecule has 0 atom stereocenters. The number of carboxylic acid groups (broad SMARTS) is 1. The molecule has 0 unspecified atom stereocenters. The van der Waals surface area contributed by atoms with E-state index in [4.69, 9.17) is 5.11 Å². The Balaban J connectivity index is 2.39. The predicted octanol–water partition coefficient (Wildman–Crippen LogP) is 2.58. The molecule has 1 aliphatic carbocycles. The first-order chi connectivity index (χ1) is 10.6. The molecule has 0 bridgehead atoms. The van der Waals surface area contributed by atoms with Crippen LogP contribution in [0.3, 0.4) is 0 Å². The Bertz CT molecular complexity index is 659. The fourth-order valence-electron chi connectivity index (χ4n) is 2.51. The van der Waals surface area contributed by atoms with Crippen LogP contribution < -0.4 is 0 Å². The normalized spacial score (nSPS) is 14.4. The second-order valence-corrected chi connectivity index (χ2v) is 6.80. The second-order valence-electron chi connectivity index (χ2n) is 6.80. The largest absolute Gasteiger partial charge is 0.480 e. The highest BCUT2D eigenvalue weighted by Crippen LogP contribution is 2.33. The molecule has 7 nitrogen and oxygen atoms in total. The lowest BCUT2D eigenvalue weighted by atomic mass is 9.85. The molecule has 1 N–H and O–H groups in total. The van der Waals surface area contributed by atoms with Crippen molar-refractivity contribution in [3.05, 3.63) is 39.4 Å². The molecule has 124 valence electrons. The van der Waals surface area contributed by atoms with Crippen molar-refractivity contribution in [3.8, 4) is 0 Å². The van der Waals surface area contributed by atoms with Gasteiger partial charge in [-0.2, -0.15) is 0 Å². The summed E-state index contributed by atoms with van der Waals surface area (Å²) < 4.78 is 0. The van der Waals surface area contributed by atoms with Crippen molar-refractivity contribution in [2.75, 3.05) is 6.54 Å². The molecule has 0 aromatic heterocycles. The summed E-state index contributed by atoms with van der Waals surface area (Å²) in [5, 5.41) is 20.3. The molecule has 0 saturated heterocycles. The Morgan fingerprint density at radius 1 is 1.35 bits per heavy atom. The summed E-state index contributed by atoms with van der Waals surface area (Å²) >= 11 is 0. The summed E-state index contributed by atoms with van der Waals surface area (Å²) in [5.41, 5.74) is 0.142. The molecular formula is C16H20N2O5. The molecule has 0 radical (unpaired) electrons. The summed E-state index contributed by atoms with van der Waals surface area (Å²) in [6.07, 6.45) is 1.53. The maximum atomic E-state index is 12.5. The minimum absolute atomic E-state index is 0.0834. The minimum Gasteiger partial charge on any atom is -0.480 e. The van der Waals surface area contributed by atoms with Crippen molar-refractivity contribution in [2.45, 2.75) is 45.1 Å². The van der Waals surface area contributed by atoms with Crippen molar-refractivity contribution < 1.29 is 19.6 Å². The number of nitro groups is 1. The summed E-state index contributed by atoms with van der Waals surface area (Å²) in [6, 6.07) is 4.28. The molecule has 1 aromatic rings. The van der Waals surface area contributed by atoms with Gasteiger partial charge < -0.3 is 10.0 Å². The molecule has 0 aliphatic heterocycles. The number of amides is 1. The minimum atomic E-state index is -1.09. The van der Waals surface area contributed by atoms with E-state index in [2.05, 4.69) is 0 Å². The van der Waals surface area contributed by atoms with Gasteiger partial charge in [0.2, 0.25) is 0 Å². The van der Waals surface area contributed by atoms with Gasteiger partial charge in [0.25, 0.3) is 11.6 Å².